The Hall–Kier alpha value is -1.99. The van der Waals surface area contributed by atoms with E-state index < -0.39 is 11.2 Å². The Balaban J connectivity index is 1.78. The summed E-state index contributed by atoms with van der Waals surface area (Å²) >= 11 is 0. The van der Waals surface area contributed by atoms with Crippen molar-refractivity contribution in [3.63, 3.8) is 0 Å². The largest absolute Gasteiger partial charge is 0.444 e. The first-order chi connectivity index (χ1) is 12.2. The van der Waals surface area contributed by atoms with Gasteiger partial charge in [0.2, 0.25) is 0 Å². The molecule has 4 heteroatoms. The lowest BCUT2D eigenvalue weighted by molar-refractivity contribution is -0.0234. The molecule has 3 rings (SSSR count). The normalized spacial score (nSPS) is 28.1. The molecule has 2 fully saturated rings. The van der Waals surface area contributed by atoms with Crippen molar-refractivity contribution in [1.29, 1.82) is 0 Å². The second-order valence-electron chi connectivity index (χ2n) is 8.57. The molecule has 1 aliphatic carbocycles. The number of aryl methyl sites for hydroxylation is 1. The van der Waals surface area contributed by atoms with Crippen LogP contribution in [-0.2, 0) is 4.74 Å². The second kappa shape index (κ2) is 6.96. The minimum Gasteiger partial charge on any atom is -0.444 e. The van der Waals surface area contributed by atoms with Crippen LogP contribution in [0.1, 0.15) is 57.6 Å². The zero-order valence-electron chi connectivity index (χ0n) is 16.2. The maximum Gasteiger partial charge on any atom is 0.410 e. The number of amides is 1. The Kier molecular flexibility index (Phi) is 5.03. The smallest absolute Gasteiger partial charge is 0.410 e. The molecule has 1 amide bonds. The number of carbonyl (C=O) groups is 1. The van der Waals surface area contributed by atoms with E-state index in [1.807, 2.05) is 52.0 Å². The molecule has 1 saturated heterocycles. The molecule has 1 heterocycles. The van der Waals surface area contributed by atoms with Crippen molar-refractivity contribution in [1.82, 2.24) is 4.90 Å². The van der Waals surface area contributed by atoms with Crippen LogP contribution in [0.15, 0.2) is 24.3 Å². The summed E-state index contributed by atoms with van der Waals surface area (Å²) in [5.41, 5.74) is 0.527. The van der Waals surface area contributed by atoms with E-state index in [0.717, 1.165) is 30.4 Å². The third kappa shape index (κ3) is 4.04. The van der Waals surface area contributed by atoms with Crippen LogP contribution in [0.5, 0.6) is 0 Å². The first kappa shape index (κ1) is 18.8. The molecule has 0 spiro atoms. The van der Waals surface area contributed by atoms with Crippen molar-refractivity contribution in [2.24, 2.45) is 5.92 Å². The van der Waals surface area contributed by atoms with Crippen LogP contribution < -0.4 is 0 Å². The summed E-state index contributed by atoms with van der Waals surface area (Å²) in [6.07, 6.45) is 2.91. The molecule has 3 atom stereocenters. The minimum atomic E-state index is -1.04. The Morgan fingerprint density at radius 2 is 2.12 bits per heavy atom. The van der Waals surface area contributed by atoms with E-state index in [4.69, 9.17) is 4.74 Å². The summed E-state index contributed by atoms with van der Waals surface area (Å²) in [6.45, 7) is 8.29. The topological polar surface area (TPSA) is 49.8 Å². The van der Waals surface area contributed by atoms with E-state index in [0.29, 0.717) is 13.0 Å². The van der Waals surface area contributed by atoms with Crippen LogP contribution in [0.25, 0.3) is 0 Å². The number of fused-ring (bicyclic) bond motifs is 1. The highest BCUT2D eigenvalue weighted by atomic mass is 16.6. The van der Waals surface area contributed by atoms with E-state index in [9.17, 15) is 9.90 Å². The van der Waals surface area contributed by atoms with Gasteiger partial charge in [-0.3, -0.25) is 0 Å². The van der Waals surface area contributed by atoms with E-state index >= 15 is 0 Å². The van der Waals surface area contributed by atoms with Crippen LogP contribution in [-0.4, -0.2) is 39.9 Å². The van der Waals surface area contributed by atoms with E-state index in [2.05, 4.69) is 11.8 Å². The maximum absolute atomic E-state index is 12.5. The molecule has 2 unspecified atom stereocenters. The van der Waals surface area contributed by atoms with Crippen LogP contribution >= 0.6 is 0 Å². The molecule has 4 nitrogen and oxygen atoms in total. The number of hydrogen-bond acceptors (Lipinski definition) is 3. The predicted octanol–water partition coefficient (Wildman–Crippen LogP) is 3.89. The number of aliphatic hydroxyl groups is 1. The van der Waals surface area contributed by atoms with E-state index in [-0.39, 0.29) is 18.1 Å². The summed E-state index contributed by atoms with van der Waals surface area (Å²) in [5.74, 6) is 6.29. The van der Waals surface area contributed by atoms with Crippen molar-refractivity contribution in [3.05, 3.63) is 35.4 Å². The number of likely N-dealkylation sites (tertiary alicyclic amines) is 1. The third-order valence-corrected chi connectivity index (χ3v) is 5.29. The summed E-state index contributed by atoms with van der Waals surface area (Å²) in [6, 6.07) is 8.01. The molecular formula is C22H29NO3. The van der Waals surface area contributed by atoms with Crippen LogP contribution in [0.4, 0.5) is 4.79 Å². The average Bonchev–Trinajstić information content (AvgIpc) is 2.98. The second-order valence-corrected chi connectivity index (χ2v) is 8.57. The van der Waals surface area contributed by atoms with Crippen LogP contribution in [0, 0.1) is 24.7 Å². The number of nitrogens with zero attached hydrogens (tertiary/aromatic N) is 1. The highest BCUT2D eigenvalue weighted by Gasteiger charge is 2.50. The predicted molar refractivity (Wildman–Crippen MR) is 102 cm³/mol. The summed E-state index contributed by atoms with van der Waals surface area (Å²) in [7, 11) is 0. The van der Waals surface area contributed by atoms with E-state index in [1.54, 1.807) is 4.90 Å². The Labute approximate surface area is 156 Å². The Bertz CT molecular complexity index is 740. The molecule has 0 aromatic heterocycles. The van der Waals surface area contributed by atoms with Gasteiger partial charge in [0.05, 0.1) is 0 Å². The van der Waals surface area contributed by atoms with Gasteiger partial charge in [-0.25, -0.2) is 4.79 Å². The van der Waals surface area contributed by atoms with Gasteiger partial charge in [-0.2, -0.15) is 0 Å². The van der Waals surface area contributed by atoms with Crippen LogP contribution in [0.3, 0.4) is 0 Å². The number of carbonyl (C=O) groups excluding carboxylic acids is 1. The molecule has 0 bridgehead atoms. The lowest BCUT2D eigenvalue weighted by Crippen LogP contribution is -2.50. The highest BCUT2D eigenvalue weighted by Crippen LogP contribution is 2.43. The number of rotatable bonds is 0. The molecule has 1 aromatic carbocycles. The third-order valence-electron chi connectivity index (χ3n) is 5.29. The SMILES string of the molecule is Cc1cccc(C#C[C@]2(O)CCCC3C2CCN3C(=O)OC(C)(C)C)c1. The molecule has 1 aliphatic heterocycles. The molecule has 2 aliphatic rings. The first-order valence-electron chi connectivity index (χ1n) is 9.50. The molecular weight excluding hydrogens is 326 g/mol. The fraction of sp³-hybridized carbons (Fsp3) is 0.591. The van der Waals surface area contributed by atoms with Gasteiger partial charge in [0.25, 0.3) is 0 Å². The first-order valence-corrected chi connectivity index (χ1v) is 9.50. The van der Waals surface area contributed by atoms with Gasteiger partial charge >= 0.3 is 6.09 Å². The summed E-state index contributed by atoms with van der Waals surface area (Å²) < 4.78 is 5.55. The van der Waals surface area contributed by atoms with Crippen molar-refractivity contribution in [3.8, 4) is 11.8 Å². The lowest BCUT2D eigenvalue weighted by Gasteiger charge is -2.40. The average molecular weight is 355 g/mol. The lowest BCUT2D eigenvalue weighted by atomic mass is 9.73. The number of hydrogen-bond donors (Lipinski definition) is 1. The molecule has 1 saturated carbocycles. The van der Waals surface area contributed by atoms with Gasteiger partial charge in [0.15, 0.2) is 0 Å². The summed E-state index contributed by atoms with van der Waals surface area (Å²) in [4.78, 5) is 14.3. The van der Waals surface area contributed by atoms with Crippen molar-refractivity contribution < 1.29 is 14.6 Å². The van der Waals surface area contributed by atoms with Crippen molar-refractivity contribution in [2.45, 2.75) is 70.6 Å². The molecule has 140 valence electrons. The zero-order valence-corrected chi connectivity index (χ0v) is 16.2. The van der Waals surface area contributed by atoms with Crippen molar-refractivity contribution >= 4 is 6.09 Å². The summed E-state index contributed by atoms with van der Waals surface area (Å²) in [5, 5.41) is 11.3. The number of ether oxygens (including phenoxy) is 1. The monoisotopic (exact) mass is 355 g/mol. The maximum atomic E-state index is 12.5. The fourth-order valence-corrected chi connectivity index (χ4v) is 4.14. The highest BCUT2D eigenvalue weighted by molar-refractivity contribution is 5.69. The van der Waals surface area contributed by atoms with Gasteiger partial charge in [-0.1, -0.05) is 24.0 Å². The minimum absolute atomic E-state index is 0.00964. The van der Waals surface area contributed by atoms with Crippen molar-refractivity contribution in [2.75, 3.05) is 6.54 Å². The molecule has 1 N–H and O–H groups in total. The fourth-order valence-electron chi connectivity index (χ4n) is 4.14. The van der Waals surface area contributed by atoms with Gasteiger partial charge in [0, 0.05) is 24.1 Å². The number of benzene rings is 1. The quantitative estimate of drug-likeness (QED) is 0.719. The van der Waals surface area contributed by atoms with Crippen LogP contribution in [0.2, 0.25) is 0 Å². The zero-order chi connectivity index (χ0) is 18.9. The van der Waals surface area contributed by atoms with Gasteiger partial charge in [-0.15, -0.1) is 0 Å². The van der Waals surface area contributed by atoms with Gasteiger partial charge in [-0.05, 0) is 71.1 Å². The van der Waals surface area contributed by atoms with E-state index in [1.165, 1.54) is 0 Å². The molecule has 26 heavy (non-hydrogen) atoms. The van der Waals surface area contributed by atoms with Gasteiger partial charge in [0.1, 0.15) is 11.2 Å². The standard InChI is InChI=1S/C22H29NO3/c1-16-7-5-8-17(15-16)10-13-22(25)12-6-9-19-18(22)11-14-23(19)20(24)26-21(2,3)4/h5,7-8,15,18-19,25H,6,9,11-12,14H2,1-4H3/t18?,19?,22-/m1/s1. The Morgan fingerprint density at radius 3 is 2.81 bits per heavy atom. The Morgan fingerprint density at radius 1 is 1.35 bits per heavy atom. The van der Waals surface area contributed by atoms with Gasteiger partial charge < -0.3 is 14.7 Å². The molecule has 1 aromatic rings. The molecule has 0 radical (unpaired) electrons.